The predicted molar refractivity (Wildman–Crippen MR) is 168 cm³/mol. The van der Waals surface area contributed by atoms with Crippen molar-refractivity contribution in [3.8, 4) is 11.1 Å². The van der Waals surface area contributed by atoms with Crippen LogP contribution in [0.5, 0.6) is 0 Å². The molecule has 1 aromatic heterocycles. The number of aromatic nitrogens is 1. The lowest BCUT2D eigenvalue weighted by Crippen LogP contribution is -2.35. The third-order valence-corrected chi connectivity index (χ3v) is 8.34. The van der Waals surface area contributed by atoms with Crippen molar-refractivity contribution in [3.05, 3.63) is 119 Å². The van der Waals surface area contributed by atoms with Gasteiger partial charge in [-0.2, -0.15) is 0 Å². The molecule has 4 unspecified atom stereocenters. The fourth-order valence-electron chi connectivity index (χ4n) is 4.99. The average molecular weight is 613 g/mol. The Morgan fingerprint density at radius 1 is 0.955 bits per heavy atom. The van der Waals surface area contributed by atoms with Crippen molar-refractivity contribution >= 4 is 23.6 Å². The van der Waals surface area contributed by atoms with Crippen LogP contribution in [-0.4, -0.2) is 39.9 Å². The minimum atomic E-state index is -0.856. The van der Waals surface area contributed by atoms with Gasteiger partial charge in [-0.05, 0) is 59.0 Å². The van der Waals surface area contributed by atoms with Crippen molar-refractivity contribution in [1.82, 2.24) is 10.3 Å². The van der Waals surface area contributed by atoms with Crippen LogP contribution in [0.15, 0.2) is 102 Å². The second-order valence-corrected chi connectivity index (χ2v) is 11.7. The predicted octanol–water partition coefficient (Wildman–Crippen LogP) is 6.15. The number of pyridine rings is 1. The van der Waals surface area contributed by atoms with E-state index in [1.165, 1.54) is 6.92 Å². The SMILES string of the molecule is CC(=O)OC(C)C(=O)NCc1cccc(-c2cccc(C3OC(CSc4ccccn4)CC(c4ccc(CO)cc4)O3)c2)c1. The zero-order valence-corrected chi connectivity index (χ0v) is 25.5. The van der Waals surface area contributed by atoms with Crippen LogP contribution in [-0.2, 0) is 37.0 Å². The summed E-state index contributed by atoms with van der Waals surface area (Å²) in [5, 5.41) is 13.3. The molecule has 44 heavy (non-hydrogen) atoms. The molecule has 4 atom stereocenters. The van der Waals surface area contributed by atoms with Gasteiger partial charge >= 0.3 is 5.97 Å². The van der Waals surface area contributed by atoms with Gasteiger partial charge in [0.15, 0.2) is 12.4 Å². The Morgan fingerprint density at radius 2 is 1.73 bits per heavy atom. The van der Waals surface area contributed by atoms with Crippen molar-refractivity contribution in [2.75, 3.05) is 5.75 Å². The summed E-state index contributed by atoms with van der Waals surface area (Å²) in [5.41, 5.74) is 5.69. The van der Waals surface area contributed by atoms with Crippen LogP contribution in [0.3, 0.4) is 0 Å². The molecule has 2 heterocycles. The molecule has 3 aromatic carbocycles. The topological polar surface area (TPSA) is 107 Å². The van der Waals surface area contributed by atoms with E-state index in [0.717, 1.165) is 44.2 Å². The average Bonchev–Trinajstić information content (AvgIpc) is 3.06. The van der Waals surface area contributed by atoms with E-state index in [1.807, 2.05) is 84.9 Å². The number of nitrogens with zero attached hydrogens (tertiary/aromatic N) is 1. The molecule has 0 radical (unpaired) electrons. The van der Waals surface area contributed by atoms with Gasteiger partial charge in [-0.1, -0.05) is 66.7 Å². The summed E-state index contributed by atoms with van der Waals surface area (Å²) in [6, 6.07) is 29.8. The first-order chi connectivity index (χ1) is 21.4. The monoisotopic (exact) mass is 612 g/mol. The summed E-state index contributed by atoms with van der Waals surface area (Å²) in [5.74, 6) is -0.119. The summed E-state index contributed by atoms with van der Waals surface area (Å²) in [7, 11) is 0. The minimum Gasteiger partial charge on any atom is -0.453 e. The third-order valence-electron chi connectivity index (χ3n) is 7.27. The lowest BCUT2D eigenvalue weighted by Gasteiger charge is -2.36. The number of nitrogens with one attached hydrogen (secondary N) is 1. The number of aliphatic hydroxyl groups excluding tert-OH is 1. The zero-order valence-electron chi connectivity index (χ0n) is 24.7. The Bertz CT molecular complexity index is 1550. The van der Waals surface area contributed by atoms with Gasteiger partial charge in [-0.15, -0.1) is 11.8 Å². The number of hydrogen-bond donors (Lipinski definition) is 2. The first-order valence-corrected chi connectivity index (χ1v) is 15.5. The van der Waals surface area contributed by atoms with Gasteiger partial charge in [0.25, 0.3) is 5.91 Å². The van der Waals surface area contributed by atoms with Crippen LogP contribution in [0, 0.1) is 0 Å². The maximum atomic E-state index is 12.3. The van der Waals surface area contributed by atoms with Gasteiger partial charge < -0.3 is 24.6 Å². The molecule has 5 rings (SSSR count). The number of esters is 1. The Hall–Kier alpha value is -4.02. The molecule has 9 heteroatoms. The van der Waals surface area contributed by atoms with E-state index in [4.69, 9.17) is 14.2 Å². The molecule has 1 aliphatic heterocycles. The van der Waals surface area contributed by atoms with Gasteiger partial charge in [0.05, 0.1) is 23.8 Å². The zero-order chi connectivity index (χ0) is 30.9. The van der Waals surface area contributed by atoms with E-state index in [2.05, 4.69) is 16.4 Å². The first-order valence-electron chi connectivity index (χ1n) is 14.6. The van der Waals surface area contributed by atoms with E-state index in [-0.39, 0.29) is 24.7 Å². The summed E-state index contributed by atoms with van der Waals surface area (Å²) in [6.07, 6.45) is 0.794. The highest BCUT2D eigenvalue weighted by Crippen LogP contribution is 2.40. The lowest BCUT2D eigenvalue weighted by atomic mass is 9.99. The summed E-state index contributed by atoms with van der Waals surface area (Å²) in [6.45, 7) is 3.12. The summed E-state index contributed by atoms with van der Waals surface area (Å²) in [4.78, 5) is 27.9. The third kappa shape index (κ3) is 8.54. The second kappa shape index (κ2) is 15.1. The highest BCUT2D eigenvalue weighted by Gasteiger charge is 2.32. The molecule has 0 saturated carbocycles. The molecular formula is C35H36N2O6S. The number of ether oxygens (including phenoxy) is 3. The molecule has 1 amide bonds. The van der Waals surface area contributed by atoms with Crippen molar-refractivity contribution in [2.45, 2.75) is 63.0 Å². The highest BCUT2D eigenvalue weighted by molar-refractivity contribution is 7.99. The maximum absolute atomic E-state index is 12.3. The standard InChI is InChI=1S/C35H36N2O6S/c1-23(41-24(2)39)34(40)37-20-26-7-5-8-28(17-26)29-9-6-10-30(18-29)35-42-31(22-44-33-11-3-4-16-36-33)19-32(43-35)27-14-12-25(21-38)13-15-27/h3-18,23,31-32,35,38H,19-22H2,1-2H3,(H,37,40). The van der Waals surface area contributed by atoms with Crippen LogP contribution in [0.1, 0.15) is 54.9 Å². The smallest absolute Gasteiger partial charge is 0.303 e. The van der Waals surface area contributed by atoms with Crippen molar-refractivity contribution in [3.63, 3.8) is 0 Å². The molecule has 0 spiro atoms. The van der Waals surface area contributed by atoms with E-state index in [0.29, 0.717) is 13.0 Å². The fourth-order valence-corrected chi connectivity index (χ4v) is 5.88. The number of aliphatic hydroxyl groups is 1. The van der Waals surface area contributed by atoms with Crippen LogP contribution < -0.4 is 5.32 Å². The number of carbonyl (C=O) groups excluding carboxylic acids is 2. The Labute approximate surface area is 261 Å². The van der Waals surface area contributed by atoms with Gasteiger partial charge in [0.2, 0.25) is 0 Å². The Morgan fingerprint density at radius 3 is 2.45 bits per heavy atom. The highest BCUT2D eigenvalue weighted by atomic mass is 32.2. The molecule has 1 saturated heterocycles. The number of hydrogen-bond acceptors (Lipinski definition) is 8. The number of carbonyl (C=O) groups is 2. The summed E-state index contributed by atoms with van der Waals surface area (Å²) >= 11 is 1.66. The van der Waals surface area contributed by atoms with Gasteiger partial charge in [-0.3, -0.25) is 9.59 Å². The summed E-state index contributed by atoms with van der Waals surface area (Å²) < 4.78 is 18.0. The van der Waals surface area contributed by atoms with Crippen LogP contribution in [0.2, 0.25) is 0 Å². The van der Waals surface area contributed by atoms with Crippen molar-refractivity contribution in [2.24, 2.45) is 0 Å². The number of benzene rings is 3. The van der Waals surface area contributed by atoms with Crippen LogP contribution in [0.4, 0.5) is 0 Å². The molecule has 1 fully saturated rings. The number of rotatable bonds is 11. The van der Waals surface area contributed by atoms with Crippen LogP contribution >= 0.6 is 11.8 Å². The molecule has 8 nitrogen and oxygen atoms in total. The normalized spacial score (nSPS) is 18.8. The quantitative estimate of drug-likeness (QED) is 0.154. The Kier molecular flexibility index (Phi) is 10.8. The van der Waals surface area contributed by atoms with E-state index >= 15 is 0 Å². The molecule has 0 bridgehead atoms. The van der Waals surface area contributed by atoms with Crippen LogP contribution in [0.25, 0.3) is 11.1 Å². The molecular weight excluding hydrogens is 576 g/mol. The van der Waals surface area contributed by atoms with Gasteiger partial charge in [-0.25, -0.2) is 4.98 Å². The number of thioether (sulfide) groups is 1. The molecule has 1 aliphatic rings. The fraction of sp³-hybridized carbons (Fsp3) is 0.286. The van der Waals surface area contributed by atoms with Gasteiger partial charge in [0.1, 0.15) is 0 Å². The van der Waals surface area contributed by atoms with E-state index < -0.39 is 18.4 Å². The van der Waals surface area contributed by atoms with Crippen molar-refractivity contribution in [1.29, 1.82) is 0 Å². The molecule has 228 valence electrons. The van der Waals surface area contributed by atoms with Crippen molar-refractivity contribution < 1.29 is 28.9 Å². The Balaban J connectivity index is 1.33. The number of amides is 1. The second-order valence-electron chi connectivity index (χ2n) is 10.6. The minimum absolute atomic E-state index is 0.00531. The maximum Gasteiger partial charge on any atom is 0.303 e. The van der Waals surface area contributed by atoms with E-state index in [9.17, 15) is 14.7 Å². The molecule has 4 aromatic rings. The van der Waals surface area contributed by atoms with E-state index in [1.54, 1.807) is 24.9 Å². The molecule has 2 N–H and O–H groups in total. The first kappa shape index (κ1) is 31.4. The lowest BCUT2D eigenvalue weighted by molar-refractivity contribution is -0.245. The largest absolute Gasteiger partial charge is 0.453 e. The van der Waals surface area contributed by atoms with Gasteiger partial charge in [0, 0.05) is 37.4 Å². The molecule has 0 aliphatic carbocycles.